The molecule has 2 aliphatic rings. The molecule has 0 radical (unpaired) electrons. The summed E-state index contributed by atoms with van der Waals surface area (Å²) in [7, 11) is 0. The summed E-state index contributed by atoms with van der Waals surface area (Å²) < 4.78 is 0. The van der Waals surface area contributed by atoms with Gasteiger partial charge in [-0.15, -0.1) is 0 Å². The van der Waals surface area contributed by atoms with Gasteiger partial charge in [-0.2, -0.15) is 0 Å². The van der Waals surface area contributed by atoms with Gasteiger partial charge in [0, 0.05) is 12.6 Å². The quantitative estimate of drug-likeness (QED) is 0.596. The van der Waals surface area contributed by atoms with E-state index in [-0.39, 0.29) is 12.6 Å². The van der Waals surface area contributed by atoms with Crippen molar-refractivity contribution in [3.63, 3.8) is 0 Å². The minimum absolute atomic E-state index is 0.259. The van der Waals surface area contributed by atoms with Gasteiger partial charge in [0.05, 0.1) is 0 Å². The largest absolute Gasteiger partial charge is 0.396 e. The van der Waals surface area contributed by atoms with Gasteiger partial charge in [-0.1, -0.05) is 0 Å². The van der Waals surface area contributed by atoms with Gasteiger partial charge in [-0.05, 0) is 37.0 Å². The van der Waals surface area contributed by atoms with E-state index in [1.165, 1.54) is 12.8 Å². The lowest BCUT2D eigenvalue weighted by atomic mass is 9.79. The van der Waals surface area contributed by atoms with Crippen molar-refractivity contribution in [2.24, 2.45) is 23.5 Å². The SMILES string of the molecule is NC(CCO)C1CC2CC21. The molecule has 2 heteroatoms. The lowest BCUT2D eigenvalue weighted by Gasteiger charge is -2.30. The minimum Gasteiger partial charge on any atom is -0.396 e. The summed E-state index contributed by atoms with van der Waals surface area (Å²) in [6, 6.07) is 0.286. The number of aliphatic hydroxyl groups excluding tert-OH is 1. The molecule has 0 aliphatic heterocycles. The number of fused-ring (bicyclic) bond motifs is 1. The average Bonchev–Trinajstić information content (AvgIpc) is 2.42. The second-order valence-corrected chi connectivity index (χ2v) is 3.74. The first kappa shape index (κ1) is 6.62. The molecule has 2 saturated carbocycles. The molecule has 0 aromatic rings. The van der Waals surface area contributed by atoms with Gasteiger partial charge in [0.15, 0.2) is 0 Å². The van der Waals surface area contributed by atoms with E-state index in [1.54, 1.807) is 0 Å². The predicted molar refractivity (Wildman–Crippen MR) is 39.4 cm³/mol. The van der Waals surface area contributed by atoms with Crippen LogP contribution in [0.25, 0.3) is 0 Å². The second-order valence-electron chi connectivity index (χ2n) is 3.74. The third-order valence-electron chi connectivity index (χ3n) is 3.11. The third-order valence-corrected chi connectivity index (χ3v) is 3.11. The van der Waals surface area contributed by atoms with E-state index in [0.717, 1.165) is 24.2 Å². The van der Waals surface area contributed by atoms with Crippen LogP contribution in [0.4, 0.5) is 0 Å². The summed E-state index contributed by atoms with van der Waals surface area (Å²) in [5.41, 5.74) is 5.85. The summed E-state index contributed by atoms with van der Waals surface area (Å²) in [5.74, 6) is 2.76. The third kappa shape index (κ3) is 0.867. The fraction of sp³-hybridized carbons (Fsp3) is 1.00. The Balaban J connectivity index is 1.76. The van der Waals surface area contributed by atoms with Crippen molar-refractivity contribution < 1.29 is 5.11 Å². The van der Waals surface area contributed by atoms with E-state index in [4.69, 9.17) is 10.8 Å². The van der Waals surface area contributed by atoms with E-state index in [2.05, 4.69) is 0 Å². The van der Waals surface area contributed by atoms with Crippen molar-refractivity contribution in [3.8, 4) is 0 Å². The first-order valence-corrected chi connectivity index (χ1v) is 4.19. The summed E-state index contributed by atoms with van der Waals surface area (Å²) in [6.07, 6.45) is 3.56. The Morgan fingerprint density at radius 1 is 1.50 bits per heavy atom. The van der Waals surface area contributed by atoms with Gasteiger partial charge in [-0.3, -0.25) is 0 Å². The topological polar surface area (TPSA) is 46.2 Å². The van der Waals surface area contributed by atoms with E-state index in [9.17, 15) is 0 Å². The predicted octanol–water partition coefficient (Wildman–Crippen LogP) is 0.352. The Morgan fingerprint density at radius 2 is 2.30 bits per heavy atom. The van der Waals surface area contributed by atoms with Crippen LogP contribution in [-0.2, 0) is 0 Å². The van der Waals surface area contributed by atoms with Crippen molar-refractivity contribution in [3.05, 3.63) is 0 Å². The van der Waals surface area contributed by atoms with Gasteiger partial charge in [0.2, 0.25) is 0 Å². The highest BCUT2D eigenvalue weighted by Gasteiger charge is 2.54. The van der Waals surface area contributed by atoms with Gasteiger partial charge in [0.25, 0.3) is 0 Å². The molecule has 2 rings (SSSR count). The molecule has 0 heterocycles. The highest BCUT2D eigenvalue weighted by Crippen LogP contribution is 2.60. The molecule has 4 atom stereocenters. The summed E-state index contributed by atoms with van der Waals surface area (Å²) in [4.78, 5) is 0. The zero-order chi connectivity index (χ0) is 7.14. The number of aliphatic hydroxyl groups is 1. The molecule has 0 saturated heterocycles. The van der Waals surface area contributed by atoms with E-state index >= 15 is 0 Å². The van der Waals surface area contributed by atoms with Crippen LogP contribution in [0.5, 0.6) is 0 Å². The molecule has 0 bridgehead atoms. The van der Waals surface area contributed by atoms with Gasteiger partial charge >= 0.3 is 0 Å². The van der Waals surface area contributed by atoms with Crippen molar-refractivity contribution in [1.82, 2.24) is 0 Å². The summed E-state index contributed by atoms with van der Waals surface area (Å²) in [5, 5.41) is 8.63. The fourth-order valence-corrected chi connectivity index (χ4v) is 2.25. The van der Waals surface area contributed by atoms with Crippen molar-refractivity contribution >= 4 is 0 Å². The Morgan fingerprint density at radius 3 is 2.70 bits per heavy atom. The molecule has 3 N–H and O–H groups in total. The molecule has 0 aromatic carbocycles. The zero-order valence-electron chi connectivity index (χ0n) is 6.16. The Hall–Kier alpha value is -0.0800. The molecule has 2 nitrogen and oxygen atoms in total. The highest BCUT2D eigenvalue weighted by molar-refractivity contribution is 5.05. The lowest BCUT2D eigenvalue weighted by molar-refractivity contribution is 0.195. The first-order valence-electron chi connectivity index (χ1n) is 4.19. The van der Waals surface area contributed by atoms with Crippen LogP contribution < -0.4 is 5.73 Å². The molecule has 0 aromatic heterocycles. The Kier molecular flexibility index (Phi) is 1.46. The monoisotopic (exact) mass is 141 g/mol. The molecule has 0 amide bonds. The Labute approximate surface area is 61.4 Å². The van der Waals surface area contributed by atoms with Crippen molar-refractivity contribution in [1.29, 1.82) is 0 Å². The van der Waals surface area contributed by atoms with Crippen LogP contribution in [0.1, 0.15) is 19.3 Å². The zero-order valence-corrected chi connectivity index (χ0v) is 6.16. The number of hydrogen-bond acceptors (Lipinski definition) is 2. The van der Waals surface area contributed by atoms with Crippen LogP contribution in [0.15, 0.2) is 0 Å². The molecule has 0 spiro atoms. The molecular weight excluding hydrogens is 126 g/mol. The second kappa shape index (κ2) is 2.21. The maximum absolute atomic E-state index is 8.63. The average molecular weight is 141 g/mol. The standard InChI is InChI=1S/C8H15NO/c9-8(1-2-10)7-4-5-3-6(5)7/h5-8,10H,1-4,9H2. The lowest BCUT2D eigenvalue weighted by Crippen LogP contribution is -2.37. The van der Waals surface area contributed by atoms with E-state index < -0.39 is 0 Å². The summed E-state index contributed by atoms with van der Waals surface area (Å²) >= 11 is 0. The van der Waals surface area contributed by atoms with Crippen LogP contribution in [-0.4, -0.2) is 17.8 Å². The maximum atomic E-state index is 8.63. The van der Waals surface area contributed by atoms with Crippen LogP contribution in [0.2, 0.25) is 0 Å². The van der Waals surface area contributed by atoms with Crippen LogP contribution >= 0.6 is 0 Å². The van der Waals surface area contributed by atoms with Crippen LogP contribution in [0, 0.1) is 17.8 Å². The van der Waals surface area contributed by atoms with Crippen LogP contribution in [0.3, 0.4) is 0 Å². The van der Waals surface area contributed by atoms with Crippen molar-refractivity contribution in [2.75, 3.05) is 6.61 Å². The Bertz CT molecular complexity index is 137. The summed E-state index contributed by atoms with van der Waals surface area (Å²) in [6.45, 7) is 0.259. The molecule has 10 heavy (non-hydrogen) atoms. The van der Waals surface area contributed by atoms with Gasteiger partial charge in [-0.25, -0.2) is 0 Å². The minimum atomic E-state index is 0.259. The number of nitrogens with two attached hydrogens (primary N) is 1. The molecule has 4 unspecified atom stereocenters. The van der Waals surface area contributed by atoms with Gasteiger partial charge in [0.1, 0.15) is 0 Å². The maximum Gasteiger partial charge on any atom is 0.0445 e. The number of rotatable bonds is 3. The van der Waals surface area contributed by atoms with Crippen molar-refractivity contribution in [2.45, 2.75) is 25.3 Å². The smallest absolute Gasteiger partial charge is 0.0445 e. The number of hydrogen-bond donors (Lipinski definition) is 2. The molecule has 58 valence electrons. The van der Waals surface area contributed by atoms with Gasteiger partial charge < -0.3 is 10.8 Å². The normalized spacial score (nSPS) is 45.6. The highest BCUT2D eigenvalue weighted by atomic mass is 16.3. The molecular formula is C8H15NO. The molecule has 2 fully saturated rings. The van der Waals surface area contributed by atoms with E-state index in [0.29, 0.717) is 0 Å². The van der Waals surface area contributed by atoms with E-state index in [1.807, 2.05) is 0 Å². The first-order chi connectivity index (χ1) is 4.83. The fourth-order valence-electron chi connectivity index (χ4n) is 2.25. The molecule has 2 aliphatic carbocycles.